The summed E-state index contributed by atoms with van der Waals surface area (Å²) in [5.41, 5.74) is 0.726. The van der Waals surface area contributed by atoms with Crippen molar-refractivity contribution >= 4 is 34.2 Å². The number of nitrogens with zero attached hydrogens (tertiary/aromatic N) is 2. The lowest BCUT2D eigenvalue weighted by atomic mass is 10.0. The van der Waals surface area contributed by atoms with E-state index in [4.69, 9.17) is 0 Å². The molecule has 0 spiro atoms. The number of thiazole rings is 1. The van der Waals surface area contributed by atoms with Gasteiger partial charge in [0.1, 0.15) is 4.88 Å². The molecule has 0 saturated heterocycles. The summed E-state index contributed by atoms with van der Waals surface area (Å²) < 4.78 is 0. The first-order valence-electron chi connectivity index (χ1n) is 6.88. The van der Waals surface area contributed by atoms with Gasteiger partial charge in [0.15, 0.2) is 5.13 Å². The molecule has 0 saturated carbocycles. The lowest BCUT2D eigenvalue weighted by molar-refractivity contribution is 0.0700. The minimum Gasteiger partial charge on any atom is -0.477 e. The summed E-state index contributed by atoms with van der Waals surface area (Å²) >= 11 is 3.12. The largest absolute Gasteiger partial charge is 0.477 e. The highest BCUT2D eigenvalue weighted by molar-refractivity contribution is 7.98. The van der Waals surface area contributed by atoms with Gasteiger partial charge in [-0.05, 0) is 37.7 Å². The number of aromatic carboxylic acids is 1. The van der Waals surface area contributed by atoms with Gasteiger partial charge in [-0.15, -0.1) is 0 Å². The number of thioether (sulfide) groups is 1. The van der Waals surface area contributed by atoms with E-state index in [1.807, 2.05) is 25.7 Å². The number of anilines is 1. The van der Waals surface area contributed by atoms with Gasteiger partial charge in [0.2, 0.25) is 0 Å². The fraction of sp³-hybridized carbons (Fsp3) is 0.714. The van der Waals surface area contributed by atoms with Crippen molar-refractivity contribution in [3.05, 3.63) is 10.6 Å². The molecule has 2 unspecified atom stereocenters. The highest BCUT2D eigenvalue weighted by Gasteiger charge is 2.23. The molecule has 0 amide bonds. The Bertz CT molecular complexity index is 448. The minimum atomic E-state index is -0.866. The quantitative estimate of drug-likeness (QED) is 0.787. The second kappa shape index (κ2) is 7.88. The molecule has 0 aromatic carbocycles. The van der Waals surface area contributed by atoms with E-state index in [-0.39, 0.29) is 5.92 Å². The molecule has 0 radical (unpaired) electrons. The molecular weight excluding hydrogens is 292 g/mol. The summed E-state index contributed by atoms with van der Waals surface area (Å²) in [5, 5.41) is 10.1. The second-order valence-electron chi connectivity index (χ2n) is 5.07. The highest BCUT2D eigenvalue weighted by atomic mass is 32.2. The van der Waals surface area contributed by atoms with Crippen molar-refractivity contribution in [1.29, 1.82) is 0 Å². The van der Waals surface area contributed by atoms with E-state index < -0.39 is 5.97 Å². The molecule has 0 aliphatic carbocycles. The van der Waals surface area contributed by atoms with Crippen LogP contribution in [0.4, 0.5) is 5.13 Å². The highest BCUT2D eigenvalue weighted by Crippen LogP contribution is 2.32. The van der Waals surface area contributed by atoms with Gasteiger partial charge in [-0.2, -0.15) is 11.8 Å². The van der Waals surface area contributed by atoms with E-state index in [0.717, 1.165) is 29.4 Å². The van der Waals surface area contributed by atoms with Gasteiger partial charge in [0, 0.05) is 13.1 Å². The monoisotopic (exact) mass is 316 g/mol. The first-order chi connectivity index (χ1) is 9.42. The molecule has 0 bridgehead atoms. The molecule has 20 heavy (non-hydrogen) atoms. The molecule has 0 aliphatic rings. The average molecular weight is 316 g/mol. The van der Waals surface area contributed by atoms with Crippen LogP contribution in [-0.2, 0) is 0 Å². The molecular formula is C14H24N2O2S2. The lowest BCUT2D eigenvalue weighted by Crippen LogP contribution is -2.29. The Labute approximate surface area is 129 Å². The minimum absolute atomic E-state index is 0.181. The third kappa shape index (κ3) is 4.12. The maximum absolute atomic E-state index is 11.4. The number of hydrogen-bond donors (Lipinski definition) is 1. The van der Waals surface area contributed by atoms with E-state index in [2.05, 4.69) is 30.0 Å². The molecule has 1 aromatic rings. The Kier molecular flexibility index (Phi) is 6.82. The third-order valence-electron chi connectivity index (χ3n) is 3.62. The maximum atomic E-state index is 11.4. The average Bonchev–Trinajstić information content (AvgIpc) is 2.88. The van der Waals surface area contributed by atoms with Crippen molar-refractivity contribution in [2.24, 2.45) is 0 Å². The third-order valence-corrected chi connectivity index (χ3v) is 5.41. The molecule has 0 fully saturated rings. The molecule has 1 rings (SSSR count). The van der Waals surface area contributed by atoms with Gasteiger partial charge < -0.3 is 10.0 Å². The zero-order chi connectivity index (χ0) is 15.3. The molecule has 1 aromatic heterocycles. The van der Waals surface area contributed by atoms with E-state index >= 15 is 0 Å². The van der Waals surface area contributed by atoms with Gasteiger partial charge in [-0.1, -0.05) is 25.2 Å². The summed E-state index contributed by atoms with van der Waals surface area (Å²) in [7, 11) is 2.00. The summed E-state index contributed by atoms with van der Waals surface area (Å²) in [6.07, 6.45) is 4.06. The standard InChI is InChI=1S/C14H24N2O2S2/c1-6-9(2)11-12(13(17)18)20-14(15-11)16(4)10(3)7-8-19-5/h9-10H,6-8H2,1-5H3,(H,17,18). The fourth-order valence-electron chi connectivity index (χ4n) is 1.82. The first-order valence-corrected chi connectivity index (χ1v) is 9.09. The van der Waals surface area contributed by atoms with Crippen molar-refractivity contribution in [2.45, 2.75) is 45.6 Å². The van der Waals surface area contributed by atoms with Gasteiger partial charge in [0.05, 0.1) is 5.69 Å². The SMILES string of the molecule is CCC(C)c1nc(N(C)C(C)CCSC)sc1C(=O)O. The molecule has 1 N–H and O–H groups in total. The first kappa shape index (κ1) is 17.3. The summed E-state index contributed by atoms with van der Waals surface area (Å²) in [5.74, 6) is 0.413. The topological polar surface area (TPSA) is 53.4 Å². The van der Waals surface area contributed by atoms with Crippen molar-refractivity contribution in [2.75, 3.05) is 24.0 Å². The summed E-state index contributed by atoms with van der Waals surface area (Å²) in [4.78, 5) is 18.4. The number of aromatic nitrogens is 1. The van der Waals surface area contributed by atoms with Gasteiger partial charge in [-0.25, -0.2) is 9.78 Å². The summed E-state index contributed by atoms with van der Waals surface area (Å²) in [6.45, 7) is 6.24. The van der Waals surface area contributed by atoms with E-state index in [1.54, 1.807) is 0 Å². The van der Waals surface area contributed by atoms with Crippen LogP contribution >= 0.6 is 23.1 Å². The van der Waals surface area contributed by atoms with E-state index in [9.17, 15) is 9.90 Å². The van der Waals surface area contributed by atoms with Gasteiger partial charge >= 0.3 is 5.97 Å². The van der Waals surface area contributed by atoms with E-state index in [0.29, 0.717) is 10.9 Å². The molecule has 4 nitrogen and oxygen atoms in total. The summed E-state index contributed by atoms with van der Waals surface area (Å²) in [6, 6.07) is 0.361. The Morgan fingerprint density at radius 1 is 1.50 bits per heavy atom. The second-order valence-corrected chi connectivity index (χ2v) is 7.03. The Hall–Kier alpha value is -0.750. The van der Waals surface area contributed by atoms with E-state index in [1.165, 1.54) is 11.3 Å². The van der Waals surface area contributed by atoms with Crippen LogP contribution in [0.1, 0.15) is 54.9 Å². The number of carboxylic acids is 1. The van der Waals surface area contributed by atoms with Gasteiger partial charge in [0.25, 0.3) is 0 Å². The van der Waals surface area contributed by atoms with Crippen LogP contribution in [0.2, 0.25) is 0 Å². The van der Waals surface area contributed by atoms with Crippen molar-refractivity contribution < 1.29 is 9.90 Å². The Morgan fingerprint density at radius 2 is 2.15 bits per heavy atom. The van der Waals surface area contributed by atoms with Crippen molar-refractivity contribution in [1.82, 2.24) is 4.98 Å². The van der Waals surface area contributed by atoms with Crippen LogP contribution < -0.4 is 4.90 Å². The molecule has 2 atom stereocenters. The van der Waals surface area contributed by atoms with Crippen molar-refractivity contribution in [3.8, 4) is 0 Å². The van der Waals surface area contributed by atoms with Crippen LogP contribution in [0.25, 0.3) is 0 Å². The smallest absolute Gasteiger partial charge is 0.347 e. The molecule has 1 heterocycles. The Balaban J connectivity index is 2.98. The number of carbonyl (C=O) groups is 1. The normalized spacial score (nSPS) is 14.1. The van der Waals surface area contributed by atoms with Crippen LogP contribution in [0.15, 0.2) is 0 Å². The molecule has 6 heteroatoms. The van der Waals surface area contributed by atoms with Gasteiger partial charge in [-0.3, -0.25) is 0 Å². The zero-order valence-electron chi connectivity index (χ0n) is 12.8. The van der Waals surface area contributed by atoms with Crippen LogP contribution in [-0.4, -0.2) is 41.2 Å². The molecule has 0 aliphatic heterocycles. The zero-order valence-corrected chi connectivity index (χ0v) is 14.5. The van der Waals surface area contributed by atoms with Crippen molar-refractivity contribution in [3.63, 3.8) is 0 Å². The predicted molar refractivity (Wildman–Crippen MR) is 88.6 cm³/mol. The number of hydrogen-bond acceptors (Lipinski definition) is 5. The van der Waals surface area contributed by atoms with Crippen LogP contribution in [0, 0.1) is 0 Å². The van der Waals surface area contributed by atoms with Crippen LogP contribution in [0.3, 0.4) is 0 Å². The maximum Gasteiger partial charge on any atom is 0.347 e. The molecule has 114 valence electrons. The number of carboxylic acid groups (broad SMARTS) is 1. The number of rotatable bonds is 8. The van der Waals surface area contributed by atoms with Crippen LogP contribution in [0.5, 0.6) is 0 Å². The predicted octanol–water partition coefficient (Wildman–Crippen LogP) is 3.93. The fourth-order valence-corrected chi connectivity index (χ4v) is 3.49. The Morgan fingerprint density at radius 3 is 2.65 bits per heavy atom. The lowest BCUT2D eigenvalue weighted by Gasteiger charge is -2.24.